The standard InChI is InChI=1S/C23H26N6O/c1-3-18-12-20-21(26-23(18)30)11-17(13-25-20)14-27-6-8-28(9-7-27)19-10-16(2)22-24-4-5-29(22)15-19/h4-5,10-13,15H,3,6-9,14H2,1-2H3,(H,26,30). The lowest BCUT2D eigenvalue weighted by molar-refractivity contribution is 0.249. The van der Waals surface area contributed by atoms with Crippen LogP contribution in [0, 0.1) is 6.92 Å². The number of anilines is 1. The van der Waals surface area contributed by atoms with Gasteiger partial charge in [0.2, 0.25) is 0 Å². The van der Waals surface area contributed by atoms with Crippen LogP contribution in [0.2, 0.25) is 0 Å². The topological polar surface area (TPSA) is 69.5 Å². The van der Waals surface area contributed by atoms with Gasteiger partial charge >= 0.3 is 0 Å². The van der Waals surface area contributed by atoms with Crippen molar-refractivity contribution in [1.82, 2.24) is 24.3 Å². The Morgan fingerprint density at radius 3 is 2.73 bits per heavy atom. The maximum Gasteiger partial charge on any atom is 0.251 e. The van der Waals surface area contributed by atoms with E-state index in [0.717, 1.165) is 60.5 Å². The summed E-state index contributed by atoms with van der Waals surface area (Å²) in [4.78, 5) is 29.0. The molecule has 0 unspecified atom stereocenters. The van der Waals surface area contributed by atoms with Crippen molar-refractivity contribution in [3.8, 4) is 0 Å². The molecule has 0 bridgehead atoms. The summed E-state index contributed by atoms with van der Waals surface area (Å²) in [6.07, 6.45) is 8.66. The van der Waals surface area contributed by atoms with Gasteiger partial charge in [0, 0.05) is 63.1 Å². The zero-order valence-electron chi connectivity index (χ0n) is 17.4. The quantitative estimate of drug-likeness (QED) is 0.568. The van der Waals surface area contributed by atoms with Crippen molar-refractivity contribution in [3.63, 3.8) is 0 Å². The highest BCUT2D eigenvalue weighted by Gasteiger charge is 2.19. The number of aromatic amines is 1. The average Bonchev–Trinajstić information content (AvgIpc) is 3.23. The molecular formula is C23H26N6O. The van der Waals surface area contributed by atoms with Gasteiger partial charge < -0.3 is 14.3 Å². The Balaban J connectivity index is 1.28. The Kier molecular flexibility index (Phi) is 4.75. The maximum absolute atomic E-state index is 12.1. The minimum absolute atomic E-state index is 0.0114. The molecule has 5 heterocycles. The lowest BCUT2D eigenvalue weighted by Gasteiger charge is -2.36. The summed E-state index contributed by atoms with van der Waals surface area (Å²) in [6, 6.07) is 6.19. The van der Waals surface area contributed by atoms with E-state index in [-0.39, 0.29) is 5.56 Å². The van der Waals surface area contributed by atoms with Gasteiger partial charge in [-0.1, -0.05) is 6.92 Å². The lowest BCUT2D eigenvalue weighted by Crippen LogP contribution is -2.46. The molecule has 7 heteroatoms. The molecule has 1 aliphatic heterocycles. The van der Waals surface area contributed by atoms with E-state index in [1.807, 2.05) is 31.6 Å². The Labute approximate surface area is 175 Å². The van der Waals surface area contributed by atoms with E-state index in [4.69, 9.17) is 0 Å². The van der Waals surface area contributed by atoms with Crippen molar-refractivity contribution in [2.45, 2.75) is 26.8 Å². The molecule has 30 heavy (non-hydrogen) atoms. The molecule has 1 saturated heterocycles. The Bertz CT molecular complexity index is 1270. The molecule has 0 amide bonds. The van der Waals surface area contributed by atoms with E-state index in [0.29, 0.717) is 6.42 Å². The Hall–Kier alpha value is -3.19. The molecule has 7 nitrogen and oxygen atoms in total. The molecule has 4 aromatic heterocycles. The fraction of sp³-hybridized carbons (Fsp3) is 0.348. The number of pyridine rings is 3. The molecule has 0 saturated carbocycles. The van der Waals surface area contributed by atoms with Gasteiger partial charge in [-0.2, -0.15) is 0 Å². The highest BCUT2D eigenvalue weighted by Crippen LogP contribution is 2.21. The van der Waals surface area contributed by atoms with Crippen LogP contribution in [-0.2, 0) is 13.0 Å². The number of fused-ring (bicyclic) bond motifs is 2. The minimum Gasteiger partial charge on any atom is -0.368 e. The molecule has 0 atom stereocenters. The largest absolute Gasteiger partial charge is 0.368 e. The van der Waals surface area contributed by atoms with Crippen LogP contribution in [0.1, 0.15) is 23.6 Å². The summed E-state index contributed by atoms with van der Waals surface area (Å²) < 4.78 is 2.10. The van der Waals surface area contributed by atoms with Crippen LogP contribution in [0.3, 0.4) is 0 Å². The number of hydrogen-bond donors (Lipinski definition) is 1. The first-order chi connectivity index (χ1) is 14.6. The monoisotopic (exact) mass is 402 g/mol. The van der Waals surface area contributed by atoms with Gasteiger partial charge in [0.15, 0.2) is 0 Å². The van der Waals surface area contributed by atoms with Crippen molar-refractivity contribution >= 4 is 22.4 Å². The zero-order chi connectivity index (χ0) is 20.7. The summed E-state index contributed by atoms with van der Waals surface area (Å²) >= 11 is 0. The smallest absolute Gasteiger partial charge is 0.251 e. The van der Waals surface area contributed by atoms with Crippen molar-refractivity contribution in [1.29, 1.82) is 0 Å². The fourth-order valence-corrected chi connectivity index (χ4v) is 4.30. The van der Waals surface area contributed by atoms with Crippen molar-refractivity contribution in [2.75, 3.05) is 31.1 Å². The SMILES string of the molecule is CCc1cc2ncc(CN3CCN(c4cc(C)c5nccn5c4)CC3)cc2[nH]c1=O. The number of aryl methyl sites for hydroxylation is 2. The van der Waals surface area contributed by atoms with Gasteiger partial charge in [0.25, 0.3) is 5.56 Å². The first kappa shape index (κ1) is 18.8. The molecule has 0 radical (unpaired) electrons. The van der Waals surface area contributed by atoms with Gasteiger partial charge in [0.1, 0.15) is 5.65 Å². The molecule has 0 aromatic carbocycles. The summed E-state index contributed by atoms with van der Waals surface area (Å²) in [5, 5.41) is 0. The van der Waals surface area contributed by atoms with Gasteiger partial charge in [-0.3, -0.25) is 14.7 Å². The molecule has 1 fully saturated rings. The lowest BCUT2D eigenvalue weighted by atomic mass is 10.1. The van der Waals surface area contributed by atoms with Gasteiger partial charge in [-0.15, -0.1) is 0 Å². The van der Waals surface area contributed by atoms with Crippen molar-refractivity contribution in [2.24, 2.45) is 0 Å². The Morgan fingerprint density at radius 2 is 1.93 bits per heavy atom. The number of imidazole rings is 1. The first-order valence-corrected chi connectivity index (χ1v) is 10.5. The Morgan fingerprint density at radius 1 is 1.10 bits per heavy atom. The molecular weight excluding hydrogens is 376 g/mol. The van der Waals surface area contributed by atoms with Gasteiger partial charge in [-0.25, -0.2) is 4.98 Å². The van der Waals surface area contributed by atoms with Gasteiger partial charge in [0.05, 0.1) is 16.7 Å². The first-order valence-electron chi connectivity index (χ1n) is 10.5. The van der Waals surface area contributed by atoms with Crippen LogP contribution in [0.5, 0.6) is 0 Å². The molecule has 0 aliphatic carbocycles. The third-order valence-corrected chi connectivity index (χ3v) is 6.01. The average molecular weight is 403 g/mol. The van der Waals surface area contributed by atoms with Crippen LogP contribution in [-0.4, -0.2) is 50.4 Å². The predicted octanol–water partition coefficient (Wildman–Crippen LogP) is 2.76. The second kappa shape index (κ2) is 7.57. The molecule has 4 aromatic rings. The predicted molar refractivity (Wildman–Crippen MR) is 119 cm³/mol. The van der Waals surface area contributed by atoms with E-state index < -0.39 is 0 Å². The molecule has 0 spiro atoms. The zero-order valence-corrected chi connectivity index (χ0v) is 17.4. The highest BCUT2D eigenvalue weighted by molar-refractivity contribution is 5.74. The van der Waals surface area contributed by atoms with Crippen LogP contribution in [0.15, 0.2) is 47.8 Å². The van der Waals surface area contributed by atoms with Crippen LogP contribution in [0.25, 0.3) is 16.7 Å². The van der Waals surface area contributed by atoms with E-state index in [2.05, 4.69) is 54.4 Å². The molecule has 154 valence electrons. The number of H-pyrrole nitrogens is 1. The third-order valence-electron chi connectivity index (χ3n) is 6.01. The summed E-state index contributed by atoms with van der Waals surface area (Å²) in [5.74, 6) is 0. The van der Waals surface area contributed by atoms with Crippen LogP contribution in [0.4, 0.5) is 5.69 Å². The van der Waals surface area contributed by atoms with E-state index in [9.17, 15) is 4.79 Å². The molecule has 5 rings (SSSR count). The second-order valence-electron chi connectivity index (χ2n) is 8.06. The highest BCUT2D eigenvalue weighted by atomic mass is 16.1. The van der Waals surface area contributed by atoms with Crippen LogP contribution >= 0.6 is 0 Å². The van der Waals surface area contributed by atoms with Gasteiger partial charge in [-0.05, 0) is 42.7 Å². The third kappa shape index (κ3) is 3.45. The summed E-state index contributed by atoms with van der Waals surface area (Å²) in [5.41, 5.74) is 7.03. The van der Waals surface area contributed by atoms with Crippen LogP contribution < -0.4 is 10.5 Å². The fourth-order valence-electron chi connectivity index (χ4n) is 4.30. The van der Waals surface area contributed by atoms with E-state index >= 15 is 0 Å². The second-order valence-corrected chi connectivity index (χ2v) is 8.06. The number of piperazine rings is 1. The molecule has 1 aliphatic rings. The minimum atomic E-state index is -0.0114. The maximum atomic E-state index is 12.1. The normalized spacial score (nSPS) is 15.3. The number of aromatic nitrogens is 4. The number of nitrogens with one attached hydrogen (secondary N) is 1. The van der Waals surface area contributed by atoms with E-state index in [1.54, 1.807) is 0 Å². The van der Waals surface area contributed by atoms with E-state index in [1.165, 1.54) is 11.3 Å². The molecule has 1 N–H and O–H groups in total. The van der Waals surface area contributed by atoms with Crippen molar-refractivity contribution < 1.29 is 0 Å². The summed E-state index contributed by atoms with van der Waals surface area (Å²) in [6.45, 7) is 8.89. The van der Waals surface area contributed by atoms with Crippen molar-refractivity contribution in [3.05, 3.63) is 70.0 Å². The number of hydrogen-bond acceptors (Lipinski definition) is 5. The summed E-state index contributed by atoms with van der Waals surface area (Å²) in [7, 11) is 0. The number of rotatable bonds is 4. The number of nitrogens with zero attached hydrogens (tertiary/aromatic N) is 5.